The molecular formula is C10H5ClFNO2. The Hall–Kier alpha value is -1.68. The third-order valence-electron chi connectivity index (χ3n) is 2.04. The number of hydrogen-bond acceptors (Lipinski definition) is 2. The molecule has 76 valence electrons. The lowest BCUT2D eigenvalue weighted by atomic mass is 10.1. The van der Waals surface area contributed by atoms with Crippen LogP contribution in [-0.2, 0) is 0 Å². The van der Waals surface area contributed by atoms with Crippen LogP contribution in [0.15, 0.2) is 24.4 Å². The minimum absolute atomic E-state index is 0.00926. The summed E-state index contributed by atoms with van der Waals surface area (Å²) in [7, 11) is 0. The first kappa shape index (κ1) is 9.86. The fourth-order valence-electron chi connectivity index (χ4n) is 1.39. The van der Waals surface area contributed by atoms with Crippen LogP contribution in [0.25, 0.3) is 10.8 Å². The maximum atomic E-state index is 13.4. The molecule has 1 aromatic carbocycles. The van der Waals surface area contributed by atoms with E-state index in [1.54, 1.807) is 0 Å². The zero-order valence-electron chi connectivity index (χ0n) is 7.37. The van der Waals surface area contributed by atoms with E-state index in [4.69, 9.17) is 16.7 Å². The fourth-order valence-corrected chi connectivity index (χ4v) is 1.59. The molecule has 0 saturated heterocycles. The third-order valence-corrected chi connectivity index (χ3v) is 2.34. The molecule has 0 radical (unpaired) electrons. The molecule has 0 amide bonds. The van der Waals surface area contributed by atoms with Crippen LogP contribution in [0.3, 0.4) is 0 Å². The largest absolute Gasteiger partial charge is 0.478 e. The Balaban J connectivity index is 2.96. The summed E-state index contributed by atoms with van der Waals surface area (Å²) in [6.45, 7) is 0. The molecule has 5 heteroatoms. The molecule has 0 aliphatic carbocycles. The van der Waals surface area contributed by atoms with Gasteiger partial charge in [-0.05, 0) is 6.07 Å². The van der Waals surface area contributed by atoms with E-state index < -0.39 is 11.8 Å². The molecule has 1 heterocycles. The van der Waals surface area contributed by atoms with Gasteiger partial charge in [0.25, 0.3) is 0 Å². The summed E-state index contributed by atoms with van der Waals surface area (Å²) in [6, 6.07) is 4.17. The number of fused-ring (bicyclic) bond motifs is 1. The Morgan fingerprint density at radius 1 is 1.47 bits per heavy atom. The second-order valence-corrected chi connectivity index (χ2v) is 3.29. The second-order valence-electron chi connectivity index (χ2n) is 2.93. The molecule has 3 nitrogen and oxygen atoms in total. The van der Waals surface area contributed by atoms with Crippen LogP contribution in [0.2, 0.25) is 5.15 Å². The van der Waals surface area contributed by atoms with Crippen molar-refractivity contribution in [1.29, 1.82) is 0 Å². The summed E-state index contributed by atoms with van der Waals surface area (Å²) < 4.78 is 13.4. The first-order chi connectivity index (χ1) is 7.11. The van der Waals surface area contributed by atoms with Gasteiger partial charge < -0.3 is 5.11 Å². The molecule has 0 spiro atoms. The van der Waals surface area contributed by atoms with Crippen molar-refractivity contribution in [2.75, 3.05) is 0 Å². The lowest BCUT2D eigenvalue weighted by Gasteiger charge is -2.04. The molecule has 1 aromatic heterocycles. The molecule has 0 aliphatic heterocycles. The molecule has 0 atom stereocenters. The van der Waals surface area contributed by atoms with Crippen molar-refractivity contribution in [2.24, 2.45) is 0 Å². The standard InChI is InChI=1S/C10H5ClFNO2/c11-9-5-2-1-3-7(12)8(5)6(4-13-9)10(14)15/h1-4H,(H,14,15). The number of rotatable bonds is 1. The van der Waals surface area contributed by atoms with Crippen molar-refractivity contribution in [1.82, 2.24) is 4.98 Å². The number of aromatic nitrogens is 1. The van der Waals surface area contributed by atoms with Crippen LogP contribution < -0.4 is 0 Å². The second kappa shape index (κ2) is 3.47. The number of carbonyl (C=O) groups is 1. The molecule has 0 unspecified atom stereocenters. The molecule has 1 N–H and O–H groups in total. The van der Waals surface area contributed by atoms with Gasteiger partial charge in [-0.25, -0.2) is 14.2 Å². The number of hydrogen-bond donors (Lipinski definition) is 1. The number of halogens is 2. The Kier molecular flexibility index (Phi) is 2.28. The van der Waals surface area contributed by atoms with Crippen molar-refractivity contribution in [2.45, 2.75) is 0 Å². The minimum Gasteiger partial charge on any atom is -0.478 e. The maximum Gasteiger partial charge on any atom is 0.338 e. The Morgan fingerprint density at radius 2 is 2.20 bits per heavy atom. The van der Waals surface area contributed by atoms with Gasteiger partial charge in [0.1, 0.15) is 11.0 Å². The summed E-state index contributed by atoms with van der Waals surface area (Å²) in [5, 5.41) is 9.23. The molecule has 0 saturated carbocycles. The van der Waals surface area contributed by atoms with Crippen LogP contribution in [0.1, 0.15) is 10.4 Å². The third kappa shape index (κ3) is 1.53. The Morgan fingerprint density at radius 3 is 2.87 bits per heavy atom. The van der Waals surface area contributed by atoms with Crippen LogP contribution in [0.4, 0.5) is 4.39 Å². The molecule has 15 heavy (non-hydrogen) atoms. The zero-order valence-corrected chi connectivity index (χ0v) is 8.12. The van der Waals surface area contributed by atoms with Crippen molar-refractivity contribution >= 4 is 28.3 Å². The lowest BCUT2D eigenvalue weighted by Crippen LogP contribution is -2.00. The smallest absolute Gasteiger partial charge is 0.338 e. The van der Waals surface area contributed by atoms with E-state index in [-0.39, 0.29) is 16.1 Å². The normalized spacial score (nSPS) is 10.5. The molecule has 2 aromatic rings. The van der Waals surface area contributed by atoms with E-state index in [0.717, 1.165) is 6.20 Å². The average Bonchev–Trinajstić information content (AvgIpc) is 2.19. The summed E-state index contributed by atoms with van der Waals surface area (Å²) in [5.74, 6) is -1.84. The minimum atomic E-state index is -1.23. The first-order valence-corrected chi connectivity index (χ1v) is 4.45. The average molecular weight is 226 g/mol. The van der Waals surface area contributed by atoms with E-state index in [0.29, 0.717) is 5.39 Å². The van der Waals surface area contributed by atoms with E-state index in [2.05, 4.69) is 4.98 Å². The number of benzene rings is 1. The van der Waals surface area contributed by atoms with E-state index >= 15 is 0 Å². The predicted octanol–water partition coefficient (Wildman–Crippen LogP) is 2.73. The van der Waals surface area contributed by atoms with Gasteiger partial charge in [0, 0.05) is 17.0 Å². The van der Waals surface area contributed by atoms with Gasteiger partial charge in [-0.1, -0.05) is 23.7 Å². The van der Waals surface area contributed by atoms with Crippen molar-refractivity contribution in [3.05, 3.63) is 40.9 Å². The van der Waals surface area contributed by atoms with Gasteiger partial charge in [0.2, 0.25) is 0 Å². The number of carboxylic acids is 1. The lowest BCUT2D eigenvalue weighted by molar-refractivity contribution is 0.0698. The quantitative estimate of drug-likeness (QED) is 0.760. The van der Waals surface area contributed by atoms with Crippen LogP contribution in [0.5, 0.6) is 0 Å². The first-order valence-electron chi connectivity index (χ1n) is 4.07. The summed E-state index contributed by atoms with van der Waals surface area (Å²) >= 11 is 5.73. The van der Waals surface area contributed by atoms with E-state index in [9.17, 15) is 9.18 Å². The van der Waals surface area contributed by atoms with Gasteiger partial charge >= 0.3 is 5.97 Å². The molecule has 0 bridgehead atoms. The summed E-state index contributed by atoms with van der Waals surface area (Å²) in [4.78, 5) is 14.5. The SMILES string of the molecule is O=C(O)c1cnc(Cl)c2cccc(F)c12. The number of nitrogens with zero attached hydrogens (tertiary/aromatic N) is 1. The highest BCUT2D eigenvalue weighted by molar-refractivity contribution is 6.34. The van der Waals surface area contributed by atoms with E-state index in [1.807, 2.05) is 0 Å². The Labute approximate surface area is 89.1 Å². The summed E-state index contributed by atoms with van der Waals surface area (Å²) in [6.07, 6.45) is 1.05. The van der Waals surface area contributed by atoms with E-state index in [1.165, 1.54) is 18.2 Å². The van der Waals surface area contributed by atoms with Gasteiger partial charge in [-0.2, -0.15) is 0 Å². The highest BCUT2D eigenvalue weighted by Crippen LogP contribution is 2.26. The van der Waals surface area contributed by atoms with Crippen LogP contribution in [-0.4, -0.2) is 16.1 Å². The van der Waals surface area contributed by atoms with Gasteiger partial charge in [0.15, 0.2) is 0 Å². The van der Waals surface area contributed by atoms with Crippen LogP contribution in [0, 0.1) is 5.82 Å². The van der Waals surface area contributed by atoms with Gasteiger partial charge in [-0.15, -0.1) is 0 Å². The highest BCUT2D eigenvalue weighted by atomic mass is 35.5. The topological polar surface area (TPSA) is 50.2 Å². The zero-order chi connectivity index (χ0) is 11.0. The van der Waals surface area contributed by atoms with Gasteiger partial charge in [0.05, 0.1) is 5.56 Å². The fraction of sp³-hybridized carbons (Fsp3) is 0. The number of carboxylic acid groups (broad SMARTS) is 1. The maximum absolute atomic E-state index is 13.4. The van der Waals surface area contributed by atoms with Crippen LogP contribution >= 0.6 is 11.6 Å². The monoisotopic (exact) mass is 225 g/mol. The number of pyridine rings is 1. The van der Waals surface area contributed by atoms with Crippen molar-refractivity contribution in [3.63, 3.8) is 0 Å². The predicted molar refractivity (Wildman–Crippen MR) is 53.7 cm³/mol. The molecular weight excluding hydrogens is 221 g/mol. The van der Waals surface area contributed by atoms with Crippen molar-refractivity contribution < 1.29 is 14.3 Å². The number of aromatic carboxylic acids is 1. The summed E-state index contributed by atoms with van der Waals surface area (Å²) in [5.41, 5.74) is -0.187. The molecule has 0 fully saturated rings. The molecule has 0 aliphatic rings. The molecule has 2 rings (SSSR count). The Bertz CT molecular complexity index is 556. The van der Waals surface area contributed by atoms with Crippen molar-refractivity contribution in [3.8, 4) is 0 Å². The highest BCUT2D eigenvalue weighted by Gasteiger charge is 2.14. The van der Waals surface area contributed by atoms with Gasteiger partial charge in [-0.3, -0.25) is 0 Å².